The SMILES string of the molecule is COc1ccc(OCCNC(=O)C2CC23CCNCC3)cc1. The Bertz CT molecular complexity index is 509. The standard InChI is InChI=1S/C17H24N2O3/c1-21-13-2-4-14(5-3-13)22-11-10-19-16(20)15-12-17(15)6-8-18-9-7-17/h2-5,15,18H,6-12H2,1H3,(H,19,20). The Balaban J connectivity index is 1.35. The van der Waals surface area contributed by atoms with Crippen LogP contribution in [0, 0.1) is 11.3 Å². The number of carbonyl (C=O) groups excluding carboxylic acids is 1. The van der Waals surface area contributed by atoms with Gasteiger partial charge in [-0.15, -0.1) is 0 Å². The minimum absolute atomic E-state index is 0.195. The van der Waals surface area contributed by atoms with Crippen molar-refractivity contribution in [1.29, 1.82) is 0 Å². The Morgan fingerprint density at radius 2 is 1.95 bits per heavy atom. The van der Waals surface area contributed by atoms with Crippen molar-refractivity contribution in [2.24, 2.45) is 11.3 Å². The predicted molar refractivity (Wildman–Crippen MR) is 84.1 cm³/mol. The topological polar surface area (TPSA) is 59.6 Å². The summed E-state index contributed by atoms with van der Waals surface area (Å²) in [7, 11) is 1.64. The summed E-state index contributed by atoms with van der Waals surface area (Å²) in [5, 5.41) is 6.36. The Kier molecular flexibility index (Phi) is 4.52. The van der Waals surface area contributed by atoms with Crippen molar-refractivity contribution < 1.29 is 14.3 Å². The second-order valence-electron chi connectivity index (χ2n) is 6.18. The van der Waals surface area contributed by atoms with Gasteiger partial charge >= 0.3 is 0 Å². The van der Waals surface area contributed by atoms with E-state index in [1.807, 2.05) is 24.3 Å². The lowest BCUT2D eigenvalue weighted by molar-refractivity contribution is -0.123. The molecule has 0 radical (unpaired) electrons. The molecule has 1 spiro atoms. The molecule has 1 aliphatic carbocycles. The monoisotopic (exact) mass is 304 g/mol. The van der Waals surface area contributed by atoms with Crippen molar-refractivity contribution in [3.05, 3.63) is 24.3 Å². The third-order valence-electron chi connectivity index (χ3n) is 4.84. The summed E-state index contributed by atoms with van der Waals surface area (Å²) in [6.45, 7) is 3.13. The van der Waals surface area contributed by atoms with Crippen molar-refractivity contribution in [2.75, 3.05) is 33.4 Å². The van der Waals surface area contributed by atoms with Gasteiger partial charge in [0.2, 0.25) is 5.91 Å². The van der Waals surface area contributed by atoms with Crippen LogP contribution in [0.3, 0.4) is 0 Å². The molecular weight excluding hydrogens is 280 g/mol. The molecule has 22 heavy (non-hydrogen) atoms. The summed E-state index contributed by atoms with van der Waals surface area (Å²) in [5.74, 6) is 2.01. The van der Waals surface area contributed by atoms with Gasteiger partial charge in [0, 0.05) is 5.92 Å². The Morgan fingerprint density at radius 1 is 1.27 bits per heavy atom. The van der Waals surface area contributed by atoms with Crippen LogP contribution in [0.4, 0.5) is 0 Å². The third kappa shape index (κ3) is 3.35. The van der Waals surface area contributed by atoms with Crippen molar-refractivity contribution >= 4 is 5.91 Å². The molecule has 120 valence electrons. The van der Waals surface area contributed by atoms with E-state index < -0.39 is 0 Å². The summed E-state index contributed by atoms with van der Waals surface area (Å²) in [6, 6.07) is 7.45. The van der Waals surface area contributed by atoms with Crippen molar-refractivity contribution in [1.82, 2.24) is 10.6 Å². The molecule has 1 aliphatic heterocycles. The molecular formula is C17H24N2O3. The quantitative estimate of drug-likeness (QED) is 0.784. The summed E-state index contributed by atoms with van der Waals surface area (Å²) in [4.78, 5) is 12.2. The fourth-order valence-corrected chi connectivity index (χ4v) is 3.33. The lowest BCUT2D eigenvalue weighted by Crippen LogP contribution is -2.35. The van der Waals surface area contributed by atoms with Gasteiger partial charge in [-0.2, -0.15) is 0 Å². The number of hydrogen-bond acceptors (Lipinski definition) is 4. The first-order chi connectivity index (χ1) is 10.7. The molecule has 5 nitrogen and oxygen atoms in total. The average molecular weight is 304 g/mol. The summed E-state index contributed by atoms with van der Waals surface area (Å²) < 4.78 is 10.7. The molecule has 2 N–H and O–H groups in total. The summed E-state index contributed by atoms with van der Waals surface area (Å²) in [6.07, 6.45) is 3.32. The Morgan fingerprint density at radius 3 is 2.64 bits per heavy atom. The van der Waals surface area contributed by atoms with Crippen LogP contribution in [-0.4, -0.2) is 39.3 Å². The minimum atomic E-state index is 0.195. The molecule has 2 fully saturated rings. The van der Waals surface area contributed by atoms with Crippen LogP contribution < -0.4 is 20.1 Å². The predicted octanol–water partition coefficient (Wildman–Crippen LogP) is 1.58. The van der Waals surface area contributed by atoms with Crippen LogP contribution in [0.5, 0.6) is 11.5 Å². The largest absolute Gasteiger partial charge is 0.497 e. The number of rotatable bonds is 6. The van der Waals surface area contributed by atoms with E-state index in [1.54, 1.807) is 7.11 Å². The van der Waals surface area contributed by atoms with E-state index >= 15 is 0 Å². The zero-order valence-electron chi connectivity index (χ0n) is 13.1. The highest BCUT2D eigenvalue weighted by atomic mass is 16.5. The maximum Gasteiger partial charge on any atom is 0.223 e. The van der Waals surface area contributed by atoms with E-state index in [9.17, 15) is 4.79 Å². The highest BCUT2D eigenvalue weighted by Gasteiger charge is 2.57. The van der Waals surface area contributed by atoms with Crippen LogP contribution in [0.25, 0.3) is 0 Å². The first-order valence-corrected chi connectivity index (χ1v) is 7.99. The van der Waals surface area contributed by atoms with Crippen LogP contribution in [0.2, 0.25) is 0 Å². The highest BCUT2D eigenvalue weighted by Crippen LogP contribution is 2.58. The van der Waals surface area contributed by atoms with Crippen molar-refractivity contribution in [3.63, 3.8) is 0 Å². The lowest BCUT2D eigenvalue weighted by atomic mass is 9.92. The number of hydrogen-bond donors (Lipinski definition) is 2. The minimum Gasteiger partial charge on any atom is -0.497 e. The molecule has 5 heteroatoms. The molecule has 3 rings (SSSR count). The van der Waals surface area contributed by atoms with E-state index in [-0.39, 0.29) is 11.8 Å². The van der Waals surface area contributed by atoms with Crippen molar-refractivity contribution in [3.8, 4) is 11.5 Å². The Labute approximate surface area is 131 Å². The maximum atomic E-state index is 12.2. The third-order valence-corrected chi connectivity index (χ3v) is 4.84. The Hall–Kier alpha value is -1.75. The van der Waals surface area contributed by atoms with Crippen LogP contribution >= 0.6 is 0 Å². The van der Waals surface area contributed by atoms with E-state index in [0.717, 1.165) is 43.9 Å². The zero-order valence-corrected chi connectivity index (χ0v) is 13.1. The number of amides is 1. The molecule has 0 aromatic heterocycles. The van der Waals surface area contributed by atoms with E-state index in [2.05, 4.69) is 10.6 Å². The highest BCUT2D eigenvalue weighted by molar-refractivity contribution is 5.82. The van der Waals surface area contributed by atoms with E-state index in [0.29, 0.717) is 18.6 Å². The number of methoxy groups -OCH3 is 1. The van der Waals surface area contributed by atoms with Gasteiger partial charge in [0.25, 0.3) is 0 Å². The fourth-order valence-electron chi connectivity index (χ4n) is 3.33. The van der Waals surface area contributed by atoms with Gasteiger partial charge < -0.3 is 20.1 Å². The van der Waals surface area contributed by atoms with Gasteiger partial charge in [-0.3, -0.25) is 4.79 Å². The molecule has 1 unspecified atom stereocenters. The molecule has 2 aliphatic rings. The van der Waals surface area contributed by atoms with Crippen LogP contribution in [0.1, 0.15) is 19.3 Å². The maximum absolute atomic E-state index is 12.2. The number of nitrogens with one attached hydrogen (secondary N) is 2. The average Bonchev–Trinajstić information content (AvgIpc) is 3.26. The summed E-state index contributed by atoms with van der Waals surface area (Å²) in [5.41, 5.74) is 0.298. The number of benzene rings is 1. The van der Waals surface area contributed by atoms with Gasteiger partial charge in [-0.1, -0.05) is 0 Å². The van der Waals surface area contributed by atoms with Crippen LogP contribution in [-0.2, 0) is 4.79 Å². The van der Waals surface area contributed by atoms with Crippen molar-refractivity contribution in [2.45, 2.75) is 19.3 Å². The van der Waals surface area contributed by atoms with Gasteiger partial charge in [0.05, 0.1) is 13.7 Å². The number of ether oxygens (including phenoxy) is 2. The molecule has 1 aromatic carbocycles. The smallest absolute Gasteiger partial charge is 0.223 e. The van der Waals surface area contributed by atoms with Gasteiger partial charge in [-0.05, 0) is 62.0 Å². The molecule has 1 saturated carbocycles. The fraction of sp³-hybridized carbons (Fsp3) is 0.588. The normalized spacial score (nSPS) is 22.1. The van der Waals surface area contributed by atoms with Gasteiger partial charge in [-0.25, -0.2) is 0 Å². The molecule has 1 saturated heterocycles. The first-order valence-electron chi connectivity index (χ1n) is 7.99. The second kappa shape index (κ2) is 6.57. The van der Waals surface area contributed by atoms with E-state index in [1.165, 1.54) is 0 Å². The molecule has 1 aromatic rings. The second-order valence-corrected chi connectivity index (χ2v) is 6.18. The number of carbonyl (C=O) groups is 1. The zero-order chi connectivity index (χ0) is 15.4. The number of piperidine rings is 1. The summed E-state index contributed by atoms with van der Waals surface area (Å²) >= 11 is 0. The molecule has 1 atom stereocenters. The van der Waals surface area contributed by atoms with E-state index in [4.69, 9.17) is 9.47 Å². The van der Waals surface area contributed by atoms with Crippen LogP contribution in [0.15, 0.2) is 24.3 Å². The molecule has 0 bridgehead atoms. The lowest BCUT2D eigenvalue weighted by Gasteiger charge is -2.23. The first kappa shape index (κ1) is 15.2. The van der Waals surface area contributed by atoms with Gasteiger partial charge in [0.15, 0.2) is 0 Å². The van der Waals surface area contributed by atoms with Gasteiger partial charge in [0.1, 0.15) is 18.1 Å². The molecule has 1 heterocycles. The molecule has 1 amide bonds.